The van der Waals surface area contributed by atoms with Crippen molar-refractivity contribution in [1.29, 1.82) is 0 Å². The molecule has 0 amide bonds. The third-order valence-corrected chi connectivity index (χ3v) is 1.70. The highest BCUT2D eigenvalue weighted by Crippen LogP contribution is 1.94. The zero-order chi connectivity index (χ0) is 7.28. The summed E-state index contributed by atoms with van der Waals surface area (Å²) >= 11 is 4.08. The monoisotopic (exact) mass is 143 g/mol. The van der Waals surface area contributed by atoms with Crippen LogP contribution in [0.3, 0.4) is 0 Å². The third-order valence-electron chi connectivity index (χ3n) is 1.33. The SMILES string of the molecule is [B]C(CS)N(C)CCC. The Bertz CT molecular complexity index is 70.1. The van der Waals surface area contributed by atoms with Crippen molar-refractivity contribution in [2.75, 3.05) is 19.3 Å². The molecule has 0 bridgehead atoms. The van der Waals surface area contributed by atoms with Crippen LogP contribution in [0, 0.1) is 0 Å². The minimum absolute atomic E-state index is 0.119. The summed E-state index contributed by atoms with van der Waals surface area (Å²) in [7, 11) is 7.67. The molecule has 0 saturated heterocycles. The Morgan fingerprint density at radius 3 is 2.56 bits per heavy atom. The van der Waals surface area contributed by atoms with Crippen LogP contribution in [0.2, 0.25) is 0 Å². The van der Waals surface area contributed by atoms with Gasteiger partial charge in [0.25, 0.3) is 0 Å². The second-order valence-electron chi connectivity index (χ2n) is 2.23. The molecule has 0 fully saturated rings. The standard InChI is InChI=1S/C6H14BNS/c1-3-4-8(2)6(7)5-9/h6,9H,3-5H2,1-2H3. The molecule has 9 heavy (non-hydrogen) atoms. The quantitative estimate of drug-likeness (QED) is 0.449. The molecule has 0 aliphatic heterocycles. The van der Waals surface area contributed by atoms with E-state index in [1.54, 1.807) is 0 Å². The van der Waals surface area contributed by atoms with Crippen LogP contribution < -0.4 is 0 Å². The van der Waals surface area contributed by atoms with E-state index in [2.05, 4.69) is 24.5 Å². The third kappa shape index (κ3) is 3.87. The molecule has 0 saturated carbocycles. The molecular weight excluding hydrogens is 129 g/mol. The second kappa shape index (κ2) is 5.18. The lowest BCUT2D eigenvalue weighted by molar-refractivity contribution is 0.326. The Kier molecular flexibility index (Phi) is 5.40. The van der Waals surface area contributed by atoms with Crippen molar-refractivity contribution < 1.29 is 0 Å². The van der Waals surface area contributed by atoms with E-state index in [1.807, 2.05) is 7.05 Å². The first-order chi connectivity index (χ1) is 4.22. The van der Waals surface area contributed by atoms with Crippen molar-refractivity contribution in [2.45, 2.75) is 19.3 Å². The first-order valence-corrected chi connectivity index (χ1v) is 3.92. The first kappa shape index (κ1) is 9.37. The van der Waals surface area contributed by atoms with Crippen LogP contribution >= 0.6 is 12.6 Å². The smallest absolute Gasteiger partial charge is 0.0921 e. The van der Waals surface area contributed by atoms with Gasteiger partial charge in [-0.3, -0.25) is 0 Å². The summed E-state index contributed by atoms with van der Waals surface area (Å²) in [4.78, 5) is 2.10. The van der Waals surface area contributed by atoms with Crippen molar-refractivity contribution >= 4 is 20.5 Å². The fraction of sp³-hybridized carbons (Fsp3) is 1.00. The molecule has 1 unspecified atom stereocenters. The Labute approximate surface area is 64.6 Å². The van der Waals surface area contributed by atoms with E-state index in [9.17, 15) is 0 Å². The Hall–Kier alpha value is 0.375. The molecule has 0 spiro atoms. The van der Waals surface area contributed by atoms with E-state index in [4.69, 9.17) is 7.85 Å². The predicted molar refractivity (Wildman–Crippen MR) is 46.3 cm³/mol. The van der Waals surface area contributed by atoms with Crippen LogP contribution in [0.5, 0.6) is 0 Å². The van der Waals surface area contributed by atoms with E-state index in [0.29, 0.717) is 0 Å². The summed E-state index contributed by atoms with van der Waals surface area (Å²) in [6.45, 7) is 3.20. The molecule has 0 aliphatic rings. The number of nitrogens with zero attached hydrogens (tertiary/aromatic N) is 1. The summed E-state index contributed by atoms with van der Waals surface area (Å²) in [5.74, 6) is 0.851. The molecule has 52 valence electrons. The molecule has 0 aliphatic carbocycles. The fourth-order valence-electron chi connectivity index (χ4n) is 0.658. The van der Waals surface area contributed by atoms with Gasteiger partial charge in [-0.25, -0.2) is 0 Å². The largest absolute Gasteiger partial charge is 0.311 e. The van der Waals surface area contributed by atoms with Gasteiger partial charge in [-0.15, -0.1) is 0 Å². The van der Waals surface area contributed by atoms with E-state index < -0.39 is 0 Å². The van der Waals surface area contributed by atoms with Gasteiger partial charge in [-0.1, -0.05) is 6.92 Å². The maximum atomic E-state index is 5.65. The summed E-state index contributed by atoms with van der Waals surface area (Å²) < 4.78 is 0. The molecule has 0 N–H and O–H groups in total. The molecule has 0 aromatic carbocycles. The van der Waals surface area contributed by atoms with Crippen molar-refractivity contribution in [1.82, 2.24) is 4.90 Å². The van der Waals surface area contributed by atoms with Gasteiger partial charge in [0.2, 0.25) is 0 Å². The summed E-state index contributed by atoms with van der Waals surface area (Å²) in [6.07, 6.45) is 1.15. The molecule has 0 aromatic rings. The molecule has 1 nitrogen and oxygen atoms in total. The fourth-order valence-corrected chi connectivity index (χ4v) is 0.937. The van der Waals surface area contributed by atoms with Gasteiger partial charge in [0.05, 0.1) is 7.85 Å². The Morgan fingerprint density at radius 1 is 1.67 bits per heavy atom. The zero-order valence-electron chi connectivity index (χ0n) is 6.17. The summed E-state index contributed by atoms with van der Waals surface area (Å²) in [5, 5.41) is 0. The highest BCUT2D eigenvalue weighted by atomic mass is 32.1. The highest BCUT2D eigenvalue weighted by Gasteiger charge is 2.03. The van der Waals surface area contributed by atoms with Crippen molar-refractivity contribution in [3.63, 3.8) is 0 Å². The van der Waals surface area contributed by atoms with E-state index in [-0.39, 0.29) is 5.94 Å². The lowest BCUT2D eigenvalue weighted by Crippen LogP contribution is -2.33. The zero-order valence-corrected chi connectivity index (χ0v) is 7.06. The van der Waals surface area contributed by atoms with Crippen LogP contribution in [0.15, 0.2) is 0 Å². The van der Waals surface area contributed by atoms with Gasteiger partial charge in [0.15, 0.2) is 0 Å². The summed E-state index contributed by atoms with van der Waals surface area (Å²) in [5.41, 5.74) is 0. The van der Waals surface area contributed by atoms with Crippen molar-refractivity contribution in [3.05, 3.63) is 0 Å². The topological polar surface area (TPSA) is 3.24 Å². The van der Waals surface area contributed by atoms with Crippen LogP contribution in [0.25, 0.3) is 0 Å². The second-order valence-corrected chi connectivity index (χ2v) is 2.60. The van der Waals surface area contributed by atoms with Crippen LogP contribution in [-0.4, -0.2) is 38.0 Å². The number of hydrogen-bond donors (Lipinski definition) is 1. The molecular formula is C6H14BNS. The number of hydrogen-bond acceptors (Lipinski definition) is 2. The van der Waals surface area contributed by atoms with Crippen molar-refractivity contribution in [2.24, 2.45) is 0 Å². The lowest BCUT2D eigenvalue weighted by atomic mass is 9.97. The first-order valence-electron chi connectivity index (χ1n) is 3.29. The van der Waals surface area contributed by atoms with Gasteiger partial charge in [-0.2, -0.15) is 12.6 Å². The summed E-state index contributed by atoms with van der Waals surface area (Å²) in [6, 6.07) is 0. The van der Waals surface area contributed by atoms with E-state index in [1.165, 1.54) is 0 Å². The maximum Gasteiger partial charge on any atom is 0.0921 e. The van der Waals surface area contributed by atoms with Crippen LogP contribution in [0.4, 0.5) is 0 Å². The number of rotatable bonds is 4. The minimum Gasteiger partial charge on any atom is -0.311 e. The molecule has 1 atom stereocenters. The Balaban J connectivity index is 3.32. The van der Waals surface area contributed by atoms with Gasteiger partial charge in [-0.05, 0) is 31.7 Å². The van der Waals surface area contributed by atoms with Gasteiger partial charge < -0.3 is 4.90 Å². The van der Waals surface area contributed by atoms with E-state index >= 15 is 0 Å². The van der Waals surface area contributed by atoms with Gasteiger partial charge in [0.1, 0.15) is 0 Å². The normalized spacial score (nSPS) is 14.2. The molecule has 0 heterocycles. The molecule has 0 rings (SSSR count). The average molecular weight is 143 g/mol. The Morgan fingerprint density at radius 2 is 2.22 bits per heavy atom. The minimum atomic E-state index is 0.119. The molecule has 2 radical (unpaired) electrons. The van der Waals surface area contributed by atoms with Gasteiger partial charge >= 0.3 is 0 Å². The van der Waals surface area contributed by atoms with Crippen LogP contribution in [0.1, 0.15) is 13.3 Å². The average Bonchev–Trinajstić information content (AvgIpc) is 1.87. The molecule has 0 aromatic heterocycles. The van der Waals surface area contributed by atoms with E-state index in [0.717, 1.165) is 18.7 Å². The van der Waals surface area contributed by atoms with Gasteiger partial charge in [0, 0.05) is 0 Å². The lowest BCUT2D eigenvalue weighted by Gasteiger charge is -2.22. The highest BCUT2D eigenvalue weighted by molar-refractivity contribution is 7.80. The predicted octanol–water partition coefficient (Wildman–Crippen LogP) is 0.753. The molecule has 3 heteroatoms. The maximum absolute atomic E-state index is 5.65. The van der Waals surface area contributed by atoms with Crippen molar-refractivity contribution in [3.8, 4) is 0 Å². The number of thiol groups is 1. The van der Waals surface area contributed by atoms with Crippen LogP contribution in [-0.2, 0) is 0 Å².